The Hall–Kier alpha value is -2.04. The second kappa shape index (κ2) is 9.20. The summed E-state index contributed by atoms with van der Waals surface area (Å²) in [7, 11) is 0. The molecule has 0 spiro atoms. The molecule has 4 rings (SSSR count). The Labute approximate surface area is 213 Å². The number of ether oxygens (including phenoxy) is 1. The van der Waals surface area contributed by atoms with E-state index in [1.807, 2.05) is 31.2 Å². The molecule has 180 valence electrons. The average molecular weight is 498 g/mol. The van der Waals surface area contributed by atoms with Crippen LogP contribution in [0.2, 0.25) is 10.0 Å². The summed E-state index contributed by atoms with van der Waals surface area (Å²) in [4.78, 5) is 0. The van der Waals surface area contributed by atoms with Crippen LogP contribution in [-0.4, -0.2) is 6.61 Å². The molecule has 1 heterocycles. The van der Waals surface area contributed by atoms with Crippen molar-refractivity contribution in [3.05, 3.63) is 99.0 Å². The number of hydrogen-bond acceptors (Lipinski definition) is 3. The Balaban J connectivity index is 1.84. The summed E-state index contributed by atoms with van der Waals surface area (Å²) in [6.45, 7) is 13.8. The van der Waals surface area contributed by atoms with E-state index in [0.29, 0.717) is 6.61 Å². The molecule has 3 aromatic rings. The minimum absolute atomic E-state index is 0.0383. The SMILES string of the molecule is CCOc1cc(C(C)(C)C)ccc1C1N[C@@](C)(c2ccc(Cl)cc2)[C@@](C)(c2ccc(Cl)cc2)N1. The minimum Gasteiger partial charge on any atom is -0.493 e. The maximum atomic E-state index is 6.23. The van der Waals surface area contributed by atoms with Crippen molar-refractivity contribution in [3.63, 3.8) is 0 Å². The highest BCUT2D eigenvalue weighted by Gasteiger charge is 2.54. The summed E-state index contributed by atoms with van der Waals surface area (Å²) in [5, 5.41) is 9.27. The lowest BCUT2D eigenvalue weighted by Crippen LogP contribution is -2.51. The third-order valence-corrected chi connectivity index (χ3v) is 7.70. The summed E-state index contributed by atoms with van der Waals surface area (Å²) < 4.78 is 6.15. The predicted octanol–water partition coefficient (Wildman–Crippen LogP) is 7.71. The first-order chi connectivity index (χ1) is 16.0. The smallest absolute Gasteiger partial charge is 0.125 e. The van der Waals surface area contributed by atoms with Gasteiger partial charge in [0, 0.05) is 15.6 Å². The van der Waals surface area contributed by atoms with Crippen molar-refractivity contribution in [2.45, 2.75) is 64.2 Å². The quantitative estimate of drug-likeness (QED) is 0.379. The molecule has 34 heavy (non-hydrogen) atoms. The highest BCUT2D eigenvalue weighted by atomic mass is 35.5. The molecular weight excluding hydrogens is 463 g/mol. The molecular formula is C29H34Cl2N2O. The maximum absolute atomic E-state index is 6.23. The molecule has 1 unspecified atom stereocenters. The van der Waals surface area contributed by atoms with Crippen molar-refractivity contribution >= 4 is 23.2 Å². The van der Waals surface area contributed by atoms with E-state index in [2.05, 4.69) is 87.7 Å². The van der Waals surface area contributed by atoms with E-state index in [1.165, 1.54) is 5.56 Å². The number of nitrogens with one attached hydrogen (secondary N) is 2. The van der Waals surface area contributed by atoms with Gasteiger partial charge in [0.15, 0.2) is 0 Å². The fraction of sp³-hybridized carbons (Fsp3) is 0.379. The standard InChI is InChI=1S/C29H34Cl2N2O/c1-7-34-25-18-21(27(2,3)4)12-17-24(25)26-32-28(5,19-8-13-22(30)14-9-19)29(6,33-26)20-10-15-23(31)16-11-20/h8-18,26,32-33H,7H2,1-6H3/t26?,28-,29+. The molecule has 0 aromatic heterocycles. The lowest BCUT2D eigenvalue weighted by Gasteiger charge is -2.41. The Bertz CT molecular complexity index is 1090. The maximum Gasteiger partial charge on any atom is 0.125 e. The molecule has 1 fully saturated rings. The lowest BCUT2D eigenvalue weighted by molar-refractivity contribution is 0.254. The summed E-state index contributed by atoms with van der Waals surface area (Å²) in [6, 6.07) is 22.8. The van der Waals surface area contributed by atoms with Gasteiger partial charge in [0.2, 0.25) is 0 Å². The molecule has 1 aliphatic heterocycles. The highest BCUT2D eigenvalue weighted by Crippen LogP contribution is 2.49. The molecule has 5 heteroatoms. The molecule has 0 bridgehead atoms. The third kappa shape index (κ3) is 4.47. The van der Waals surface area contributed by atoms with Gasteiger partial charge in [-0.05, 0) is 73.2 Å². The first kappa shape index (κ1) is 25.1. The molecule has 0 amide bonds. The van der Waals surface area contributed by atoms with Crippen molar-refractivity contribution in [1.29, 1.82) is 0 Å². The van der Waals surface area contributed by atoms with E-state index in [9.17, 15) is 0 Å². The van der Waals surface area contributed by atoms with Gasteiger partial charge in [-0.25, -0.2) is 0 Å². The zero-order valence-corrected chi connectivity index (χ0v) is 22.3. The van der Waals surface area contributed by atoms with Crippen molar-refractivity contribution in [2.24, 2.45) is 0 Å². The lowest BCUT2D eigenvalue weighted by atomic mass is 9.72. The fourth-order valence-corrected chi connectivity index (χ4v) is 5.14. The number of benzene rings is 3. The van der Waals surface area contributed by atoms with Crippen LogP contribution in [-0.2, 0) is 16.5 Å². The second-order valence-corrected chi connectivity index (χ2v) is 11.3. The van der Waals surface area contributed by atoms with Gasteiger partial charge in [0.05, 0.1) is 23.9 Å². The van der Waals surface area contributed by atoms with Gasteiger partial charge in [-0.2, -0.15) is 0 Å². The Kier molecular flexibility index (Phi) is 6.78. The van der Waals surface area contributed by atoms with Crippen LogP contribution in [0.4, 0.5) is 0 Å². The molecule has 0 aliphatic carbocycles. The van der Waals surface area contributed by atoms with Gasteiger partial charge in [-0.1, -0.05) is 80.4 Å². The zero-order chi connectivity index (χ0) is 24.7. The molecule has 3 aromatic carbocycles. The topological polar surface area (TPSA) is 33.3 Å². The molecule has 0 radical (unpaired) electrons. The molecule has 2 N–H and O–H groups in total. The van der Waals surface area contributed by atoms with E-state index >= 15 is 0 Å². The van der Waals surface area contributed by atoms with E-state index in [0.717, 1.165) is 32.5 Å². The van der Waals surface area contributed by atoms with Gasteiger partial charge in [0.1, 0.15) is 5.75 Å². The largest absolute Gasteiger partial charge is 0.493 e. The van der Waals surface area contributed by atoms with Crippen molar-refractivity contribution < 1.29 is 4.74 Å². The zero-order valence-electron chi connectivity index (χ0n) is 20.8. The van der Waals surface area contributed by atoms with Crippen molar-refractivity contribution in [1.82, 2.24) is 10.6 Å². The first-order valence-corrected chi connectivity index (χ1v) is 12.6. The van der Waals surface area contributed by atoms with Gasteiger partial charge < -0.3 is 4.74 Å². The van der Waals surface area contributed by atoms with Crippen molar-refractivity contribution in [3.8, 4) is 5.75 Å². The van der Waals surface area contributed by atoms with Crippen LogP contribution in [0.5, 0.6) is 5.75 Å². The van der Waals surface area contributed by atoms with E-state index in [1.54, 1.807) is 0 Å². The van der Waals surface area contributed by atoms with Gasteiger partial charge >= 0.3 is 0 Å². The molecule has 1 aliphatic rings. The van der Waals surface area contributed by atoms with Crippen LogP contribution in [0.3, 0.4) is 0 Å². The van der Waals surface area contributed by atoms with Crippen LogP contribution in [0, 0.1) is 0 Å². The number of hydrogen-bond donors (Lipinski definition) is 2. The monoisotopic (exact) mass is 496 g/mol. The molecule has 3 nitrogen and oxygen atoms in total. The minimum atomic E-state index is -0.442. The van der Waals surface area contributed by atoms with Crippen molar-refractivity contribution in [2.75, 3.05) is 6.61 Å². The Morgan fingerprint density at radius 3 is 1.68 bits per heavy atom. The second-order valence-electron chi connectivity index (χ2n) is 10.4. The highest BCUT2D eigenvalue weighted by molar-refractivity contribution is 6.30. The first-order valence-electron chi connectivity index (χ1n) is 11.8. The Morgan fingerprint density at radius 1 is 0.794 bits per heavy atom. The predicted molar refractivity (Wildman–Crippen MR) is 143 cm³/mol. The van der Waals surface area contributed by atoms with Crippen LogP contribution < -0.4 is 15.4 Å². The molecule has 1 saturated heterocycles. The average Bonchev–Trinajstić information content (AvgIpc) is 3.06. The van der Waals surface area contributed by atoms with Crippen LogP contribution in [0.15, 0.2) is 66.7 Å². The summed E-state index contributed by atoms with van der Waals surface area (Å²) >= 11 is 12.5. The van der Waals surface area contributed by atoms with Crippen LogP contribution in [0.25, 0.3) is 0 Å². The van der Waals surface area contributed by atoms with Gasteiger partial charge in [-0.3, -0.25) is 10.6 Å². The van der Waals surface area contributed by atoms with Gasteiger partial charge in [0.25, 0.3) is 0 Å². The Morgan fingerprint density at radius 2 is 1.26 bits per heavy atom. The summed E-state index contributed by atoms with van der Waals surface area (Å²) in [5.74, 6) is 0.902. The van der Waals surface area contributed by atoms with E-state index in [4.69, 9.17) is 27.9 Å². The number of rotatable bonds is 5. The summed E-state index contributed by atoms with van der Waals surface area (Å²) in [5.41, 5.74) is 3.79. The summed E-state index contributed by atoms with van der Waals surface area (Å²) in [6.07, 6.45) is -0.128. The number of halogens is 2. The van der Waals surface area contributed by atoms with Crippen LogP contribution in [0.1, 0.15) is 70.0 Å². The van der Waals surface area contributed by atoms with Gasteiger partial charge in [-0.15, -0.1) is 0 Å². The fourth-order valence-electron chi connectivity index (χ4n) is 4.89. The van der Waals surface area contributed by atoms with E-state index in [-0.39, 0.29) is 11.6 Å². The van der Waals surface area contributed by atoms with E-state index < -0.39 is 11.1 Å². The third-order valence-electron chi connectivity index (χ3n) is 7.20. The normalized spacial score (nSPS) is 24.9. The molecule has 0 saturated carbocycles. The molecule has 3 atom stereocenters. The van der Waals surface area contributed by atoms with Crippen LogP contribution >= 0.6 is 23.2 Å².